The van der Waals surface area contributed by atoms with Crippen molar-refractivity contribution in [3.63, 3.8) is 0 Å². The van der Waals surface area contributed by atoms with Gasteiger partial charge in [0.1, 0.15) is 0 Å². The first kappa shape index (κ1) is 9.44. The van der Waals surface area contributed by atoms with Crippen molar-refractivity contribution in [1.82, 2.24) is 5.32 Å². The van der Waals surface area contributed by atoms with Crippen LogP contribution in [-0.4, -0.2) is 38.5 Å². The number of methoxy groups -OCH3 is 1. The lowest BCUT2D eigenvalue weighted by atomic mass is 9.85. The molecule has 0 unspecified atom stereocenters. The average molecular weight is 185 g/mol. The standard InChI is InChI=1S/C10H19NO2/c1-12-9-3-6-13-10(7-9)4-2-5-11-8-10/h9,11H,2-8H2,1H3/t9-,10-/m1/s1. The lowest BCUT2D eigenvalue weighted by Gasteiger charge is -2.43. The van der Waals surface area contributed by atoms with Crippen LogP contribution >= 0.6 is 0 Å². The largest absolute Gasteiger partial charge is 0.381 e. The summed E-state index contributed by atoms with van der Waals surface area (Å²) in [6.45, 7) is 3.01. The molecule has 0 aromatic carbocycles. The first-order chi connectivity index (χ1) is 6.35. The fraction of sp³-hybridized carbons (Fsp3) is 1.00. The van der Waals surface area contributed by atoms with Crippen LogP contribution in [0.5, 0.6) is 0 Å². The lowest BCUT2D eigenvalue weighted by Crippen LogP contribution is -2.52. The molecular weight excluding hydrogens is 166 g/mol. The van der Waals surface area contributed by atoms with Crippen LogP contribution < -0.4 is 5.32 Å². The molecule has 3 heteroatoms. The summed E-state index contributed by atoms with van der Waals surface area (Å²) in [5, 5.41) is 3.41. The Balaban J connectivity index is 1.95. The molecule has 0 saturated carbocycles. The highest BCUT2D eigenvalue weighted by Crippen LogP contribution is 2.31. The highest BCUT2D eigenvalue weighted by Gasteiger charge is 2.38. The predicted molar refractivity (Wildman–Crippen MR) is 50.8 cm³/mol. The van der Waals surface area contributed by atoms with Gasteiger partial charge in [-0.05, 0) is 25.8 Å². The lowest BCUT2D eigenvalue weighted by molar-refractivity contribution is -0.134. The summed E-state index contributed by atoms with van der Waals surface area (Å²) in [7, 11) is 1.81. The number of hydrogen-bond acceptors (Lipinski definition) is 3. The third-order valence-electron chi connectivity index (χ3n) is 3.21. The van der Waals surface area contributed by atoms with Crippen LogP contribution in [0.4, 0.5) is 0 Å². The molecule has 0 aromatic rings. The Morgan fingerprint density at radius 3 is 3.15 bits per heavy atom. The van der Waals surface area contributed by atoms with E-state index in [9.17, 15) is 0 Å². The fourth-order valence-corrected chi connectivity index (χ4v) is 2.42. The highest BCUT2D eigenvalue weighted by atomic mass is 16.5. The average Bonchev–Trinajstić information content (AvgIpc) is 2.19. The zero-order chi connectivity index (χ0) is 9.15. The van der Waals surface area contributed by atoms with E-state index in [1.807, 2.05) is 0 Å². The normalized spacial score (nSPS) is 40.8. The minimum absolute atomic E-state index is 0.0944. The van der Waals surface area contributed by atoms with E-state index in [1.54, 1.807) is 7.11 Å². The van der Waals surface area contributed by atoms with Crippen LogP contribution in [0.15, 0.2) is 0 Å². The Morgan fingerprint density at radius 2 is 2.46 bits per heavy atom. The van der Waals surface area contributed by atoms with Gasteiger partial charge in [-0.15, -0.1) is 0 Å². The van der Waals surface area contributed by atoms with E-state index >= 15 is 0 Å². The minimum Gasteiger partial charge on any atom is -0.381 e. The van der Waals surface area contributed by atoms with E-state index in [4.69, 9.17) is 9.47 Å². The maximum atomic E-state index is 5.90. The Bertz CT molecular complexity index is 161. The number of rotatable bonds is 1. The maximum absolute atomic E-state index is 5.90. The van der Waals surface area contributed by atoms with Crippen molar-refractivity contribution in [2.45, 2.75) is 37.4 Å². The van der Waals surface area contributed by atoms with E-state index < -0.39 is 0 Å². The van der Waals surface area contributed by atoms with Gasteiger partial charge in [-0.3, -0.25) is 0 Å². The second-order valence-electron chi connectivity index (χ2n) is 4.16. The molecule has 0 radical (unpaired) electrons. The summed E-state index contributed by atoms with van der Waals surface area (Å²) in [6, 6.07) is 0. The third-order valence-corrected chi connectivity index (χ3v) is 3.21. The van der Waals surface area contributed by atoms with Crippen molar-refractivity contribution < 1.29 is 9.47 Å². The number of nitrogens with one attached hydrogen (secondary N) is 1. The SMILES string of the molecule is CO[C@@H]1CCO[C@]2(CCCNC2)C1. The molecule has 2 aliphatic heterocycles. The summed E-state index contributed by atoms with van der Waals surface area (Å²) >= 11 is 0. The monoisotopic (exact) mass is 185 g/mol. The molecule has 0 aliphatic carbocycles. The minimum atomic E-state index is 0.0944. The summed E-state index contributed by atoms with van der Waals surface area (Å²) < 4.78 is 11.3. The van der Waals surface area contributed by atoms with E-state index in [0.717, 1.165) is 32.5 Å². The van der Waals surface area contributed by atoms with Gasteiger partial charge >= 0.3 is 0 Å². The summed E-state index contributed by atoms with van der Waals surface area (Å²) in [6.07, 6.45) is 4.96. The molecule has 2 atom stereocenters. The Labute approximate surface area is 79.8 Å². The number of hydrogen-bond donors (Lipinski definition) is 1. The number of piperidine rings is 1. The van der Waals surface area contributed by atoms with E-state index in [2.05, 4.69) is 5.32 Å². The van der Waals surface area contributed by atoms with Gasteiger partial charge in [-0.25, -0.2) is 0 Å². The Kier molecular flexibility index (Phi) is 2.86. The molecule has 13 heavy (non-hydrogen) atoms. The topological polar surface area (TPSA) is 30.5 Å². The predicted octanol–water partition coefficient (Wildman–Crippen LogP) is 0.934. The molecule has 2 aliphatic rings. The van der Waals surface area contributed by atoms with Crippen molar-refractivity contribution in [1.29, 1.82) is 0 Å². The van der Waals surface area contributed by atoms with Crippen molar-refractivity contribution in [3.8, 4) is 0 Å². The van der Waals surface area contributed by atoms with Gasteiger partial charge in [0.15, 0.2) is 0 Å². The van der Waals surface area contributed by atoms with Crippen LogP contribution in [0, 0.1) is 0 Å². The molecule has 3 nitrogen and oxygen atoms in total. The number of ether oxygens (including phenoxy) is 2. The second kappa shape index (κ2) is 3.95. The first-order valence-corrected chi connectivity index (χ1v) is 5.22. The second-order valence-corrected chi connectivity index (χ2v) is 4.16. The summed E-state index contributed by atoms with van der Waals surface area (Å²) in [4.78, 5) is 0. The quantitative estimate of drug-likeness (QED) is 0.659. The van der Waals surface area contributed by atoms with Gasteiger partial charge in [0.25, 0.3) is 0 Å². The van der Waals surface area contributed by atoms with Gasteiger partial charge in [0, 0.05) is 26.7 Å². The molecule has 2 heterocycles. The molecule has 2 fully saturated rings. The molecule has 2 saturated heterocycles. The summed E-state index contributed by atoms with van der Waals surface area (Å²) in [5.74, 6) is 0. The fourth-order valence-electron chi connectivity index (χ4n) is 2.42. The van der Waals surface area contributed by atoms with Gasteiger partial charge in [-0.2, -0.15) is 0 Å². The first-order valence-electron chi connectivity index (χ1n) is 5.22. The molecule has 76 valence electrons. The van der Waals surface area contributed by atoms with Crippen molar-refractivity contribution in [2.75, 3.05) is 26.8 Å². The van der Waals surface area contributed by atoms with Crippen LogP contribution in [-0.2, 0) is 9.47 Å². The van der Waals surface area contributed by atoms with Gasteiger partial charge < -0.3 is 14.8 Å². The highest BCUT2D eigenvalue weighted by molar-refractivity contribution is 4.92. The molecule has 0 amide bonds. The molecule has 1 N–H and O–H groups in total. The molecule has 2 rings (SSSR count). The molecule has 0 aromatic heterocycles. The smallest absolute Gasteiger partial charge is 0.0831 e. The maximum Gasteiger partial charge on any atom is 0.0831 e. The van der Waals surface area contributed by atoms with Gasteiger partial charge in [-0.1, -0.05) is 0 Å². The van der Waals surface area contributed by atoms with Crippen molar-refractivity contribution in [3.05, 3.63) is 0 Å². The van der Waals surface area contributed by atoms with Gasteiger partial charge in [0.2, 0.25) is 0 Å². The molecule has 0 bridgehead atoms. The molecular formula is C10H19NO2. The summed E-state index contributed by atoms with van der Waals surface area (Å²) in [5.41, 5.74) is 0.0944. The van der Waals surface area contributed by atoms with Crippen LogP contribution in [0.25, 0.3) is 0 Å². The van der Waals surface area contributed by atoms with E-state index in [1.165, 1.54) is 12.8 Å². The zero-order valence-electron chi connectivity index (χ0n) is 8.34. The molecule has 1 spiro atoms. The zero-order valence-corrected chi connectivity index (χ0v) is 8.34. The third kappa shape index (κ3) is 2.03. The van der Waals surface area contributed by atoms with Gasteiger partial charge in [0.05, 0.1) is 11.7 Å². The van der Waals surface area contributed by atoms with E-state index in [0.29, 0.717) is 6.10 Å². The van der Waals surface area contributed by atoms with Crippen LogP contribution in [0.3, 0.4) is 0 Å². The Hall–Kier alpha value is -0.120. The Morgan fingerprint density at radius 1 is 1.54 bits per heavy atom. The van der Waals surface area contributed by atoms with Crippen molar-refractivity contribution in [2.24, 2.45) is 0 Å². The van der Waals surface area contributed by atoms with Crippen LogP contribution in [0.2, 0.25) is 0 Å². The van der Waals surface area contributed by atoms with Crippen LogP contribution in [0.1, 0.15) is 25.7 Å². The van der Waals surface area contributed by atoms with E-state index in [-0.39, 0.29) is 5.60 Å². The van der Waals surface area contributed by atoms with Crippen molar-refractivity contribution >= 4 is 0 Å².